The minimum Gasteiger partial charge on any atom is -0.303 e. The van der Waals surface area contributed by atoms with Crippen LogP contribution in [-0.4, -0.2) is 73.1 Å². The molecular formula is C22H43N3. The van der Waals surface area contributed by atoms with Crippen LogP contribution in [0.25, 0.3) is 0 Å². The van der Waals surface area contributed by atoms with Crippen molar-refractivity contribution in [3.63, 3.8) is 0 Å². The van der Waals surface area contributed by atoms with E-state index in [1.807, 2.05) is 0 Å². The van der Waals surface area contributed by atoms with Gasteiger partial charge in [-0.05, 0) is 89.8 Å². The Kier molecular flexibility index (Phi) is 7.22. The predicted octanol–water partition coefficient (Wildman–Crippen LogP) is 4.08. The molecule has 2 saturated heterocycles. The third-order valence-electron chi connectivity index (χ3n) is 7.23. The van der Waals surface area contributed by atoms with E-state index in [0.29, 0.717) is 0 Å². The Bertz CT molecular complexity index is 375. The summed E-state index contributed by atoms with van der Waals surface area (Å²) >= 11 is 0. The largest absolute Gasteiger partial charge is 0.303 e. The van der Waals surface area contributed by atoms with E-state index in [1.165, 1.54) is 104 Å². The van der Waals surface area contributed by atoms with Crippen molar-refractivity contribution in [2.45, 2.75) is 78.2 Å². The first-order chi connectivity index (χ1) is 12.1. The second-order valence-electron chi connectivity index (χ2n) is 9.58. The molecule has 0 bridgehead atoms. The van der Waals surface area contributed by atoms with Gasteiger partial charge in [-0.15, -0.1) is 0 Å². The topological polar surface area (TPSA) is 9.72 Å². The summed E-state index contributed by atoms with van der Waals surface area (Å²) in [6, 6.07) is 0.722. The van der Waals surface area contributed by atoms with Gasteiger partial charge in [0.15, 0.2) is 0 Å². The second-order valence-corrected chi connectivity index (χ2v) is 9.58. The van der Waals surface area contributed by atoms with E-state index < -0.39 is 0 Å². The SMILES string of the molecule is CCCC1(CN2CCC(CCCN3CCN(C(C)C)CC3)CC2)CC1. The summed E-state index contributed by atoms with van der Waals surface area (Å²) in [5.41, 5.74) is 0.750. The second kappa shape index (κ2) is 9.19. The van der Waals surface area contributed by atoms with Crippen LogP contribution in [-0.2, 0) is 0 Å². The van der Waals surface area contributed by atoms with E-state index in [2.05, 4.69) is 35.5 Å². The number of piperidine rings is 1. The van der Waals surface area contributed by atoms with E-state index in [1.54, 1.807) is 0 Å². The lowest BCUT2D eigenvalue weighted by atomic mass is 9.90. The van der Waals surface area contributed by atoms with Crippen LogP contribution in [0.15, 0.2) is 0 Å². The third-order valence-corrected chi connectivity index (χ3v) is 7.23. The molecule has 3 nitrogen and oxygen atoms in total. The number of rotatable bonds is 9. The minimum atomic E-state index is 0.722. The lowest BCUT2D eigenvalue weighted by Gasteiger charge is -2.37. The Morgan fingerprint density at radius 3 is 2.16 bits per heavy atom. The lowest BCUT2D eigenvalue weighted by molar-refractivity contribution is 0.103. The van der Waals surface area contributed by atoms with Crippen molar-refractivity contribution in [2.75, 3.05) is 52.4 Å². The maximum Gasteiger partial charge on any atom is 0.0113 e. The molecule has 0 aromatic rings. The van der Waals surface area contributed by atoms with Crippen molar-refractivity contribution in [3.8, 4) is 0 Å². The molecule has 0 spiro atoms. The van der Waals surface area contributed by atoms with Crippen LogP contribution in [0, 0.1) is 11.3 Å². The average Bonchev–Trinajstić information content (AvgIpc) is 3.36. The molecule has 3 fully saturated rings. The predicted molar refractivity (Wildman–Crippen MR) is 108 cm³/mol. The normalized spacial score (nSPS) is 26.4. The van der Waals surface area contributed by atoms with Crippen molar-refractivity contribution in [1.29, 1.82) is 0 Å². The highest BCUT2D eigenvalue weighted by molar-refractivity contribution is 4.95. The van der Waals surface area contributed by atoms with Gasteiger partial charge in [-0.1, -0.05) is 13.3 Å². The summed E-state index contributed by atoms with van der Waals surface area (Å²) in [6.07, 6.45) is 11.7. The van der Waals surface area contributed by atoms with E-state index in [9.17, 15) is 0 Å². The maximum atomic E-state index is 2.80. The first-order valence-electron chi connectivity index (χ1n) is 11.3. The van der Waals surface area contributed by atoms with Crippen molar-refractivity contribution < 1.29 is 0 Å². The standard InChI is InChI=1S/C22H43N3/c1-4-9-22(10-11-22)19-24-13-7-21(8-14-24)6-5-12-23-15-17-25(18-16-23)20(2)3/h20-21H,4-19H2,1-3H3. The van der Waals surface area contributed by atoms with Gasteiger partial charge in [-0.2, -0.15) is 0 Å². The molecule has 1 aliphatic carbocycles. The van der Waals surface area contributed by atoms with Crippen LogP contribution in [0.1, 0.15) is 72.1 Å². The van der Waals surface area contributed by atoms with Gasteiger partial charge in [0.05, 0.1) is 0 Å². The van der Waals surface area contributed by atoms with E-state index >= 15 is 0 Å². The molecule has 146 valence electrons. The summed E-state index contributed by atoms with van der Waals surface area (Å²) < 4.78 is 0. The highest BCUT2D eigenvalue weighted by Gasteiger charge is 2.42. The zero-order valence-electron chi connectivity index (χ0n) is 17.3. The number of likely N-dealkylation sites (tertiary alicyclic amines) is 1. The molecule has 0 amide bonds. The first kappa shape index (κ1) is 19.6. The van der Waals surface area contributed by atoms with Gasteiger partial charge in [0, 0.05) is 38.8 Å². The molecule has 0 unspecified atom stereocenters. The van der Waals surface area contributed by atoms with Crippen molar-refractivity contribution >= 4 is 0 Å². The van der Waals surface area contributed by atoms with Crippen LogP contribution in [0.4, 0.5) is 0 Å². The summed E-state index contributed by atoms with van der Waals surface area (Å²) in [6.45, 7) is 17.6. The molecule has 3 aliphatic rings. The molecule has 0 aromatic carbocycles. The van der Waals surface area contributed by atoms with Crippen LogP contribution in [0.5, 0.6) is 0 Å². The number of hydrogen-bond donors (Lipinski definition) is 0. The number of hydrogen-bond acceptors (Lipinski definition) is 3. The van der Waals surface area contributed by atoms with Gasteiger partial charge in [-0.3, -0.25) is 4.90 Å². The molecule has 3 rings (SSSR count). The zero-order chi connectivity index (χ0) is 17.7. The number of nitrogens with zero attached hydrogens (tertiary/aromatic N) is 3. The Balaban J connectivity index is 1.25. The molecule has 25 heavy (non-hydrogen) atoms. The van der Waals surface area contributed by atoms with Crippen LogP contribution >= 0.6 is 0 Å². The molecule has 0 radical (unpaired) electrons. The Morgan fingerprint density at radius 1 is 0.920 bits per heavy atom. The minimum absolute atomic E-state index is 0.722. The molecular weight excluding hydrogens is 306 g/mol. The smallest absolute Gasteiger partial charge is 0.0113 e. The van der Waals surface area contributed by atoms with Crippen molar-refractivity contribution in [2.24, 2.45) is 11.3 Å². The van der Waals surface area contributed by atoms with Gasteiger partial charge in [0.25, 0.3) is 0 Å². The summed E-state index contributed by atoms with van der Waals surface area (Å²) in [4.78, 5) is 8.12. The Labute approximate surface area is 157 Å². The molecule has 1 saturated carbocycles. The van der Waals surface area contributed by atoms with Crippen LogP contribution < -0.4 is 0 Å². The summed E-state index contributed by atoms with van der Waals surface area (Å²) in [7, 11) is 0. The van der Waals surface area contributed by atoms with Gasteiger partial charge >= 0.3 is 0 Å². The molecule has 2 aliphatic heterocycles. The highest BCUT2D eigenvalue weighted by Crippen LogP contribution is 2.50. The average molecular weight is 350 g/mol. The quantitative estimate of drug-likeness (QED) is 0.621. The molecule has 3 heteroatoms. The molecule has 2 heterocycles. The van der Waals surface area contributed by atoms with Gasteiger partial charge < -0.3 is 9.80 Å². The van der Waals surface area contributed by atoms with E-state index in [4.69, 9.17) is 0 Å². The monoisotopic (exact) mass is 349 g/mol. The molecule has 0 aromatic heterocycles. The van der Waals surface area contributed by atoms with E-state index in [-0.39, 0.29) is 0 Å². The van der Waals surface area contributed by atoms with Crippen LogP contribution in [0.2, 0.25) is 0 Å². The third kappa shape index (κ3) is 5.94. The van der Waals surface area contributed by atoms with E-state index in [0.717, 1.165) is 17.4 Å². The Morgan fingerprint density at radius 2 is 1.60 bits per heavy atom. The van der Waals surface area contributed by atoms with Crippen molar-refractivity contribution in [3.05, 3.63) is 0 Å². The van der Waals surface area contributed by atoms with Gasteiger partial charge in [0.1, 0.15) is 0 Å². The molecule has 0 atom stereocenters. The lowest BCUT2D eigenvalue weighted by Crippen LogP contribution is -2.49. The highest BCUT2D eigenvalue weighted by atomic mass is 15.3. The fourth-order valence-corrected chi connectivity index (χ4v) is 5.21. The van der Waals surface area contributed by atoms with Gasteiger partial charge in [-0.25, -0.2) is 0 Å². The maximum absolute atomic E-state index is 2.80. The fraction of sp³-hybridized carbons (Fsp3) is 1.00. The summed E-state index contributed by atoms with van der Waals surface area (Å²) in [5.74, 6) is 1.01. The fourth-order valence-electron chi connectivity index (χ4n) is 5.21. The van der Waals surface area contributed by atoms with Crippen molar-refractivity contribution in [1.82, 2.24) is 14.7 Å². The summed E-state index contributed by atoms with van der Waals surface area (Å²) in [5, 5.41) is 0. The van der Waals surface area contributed by atoms with Crippen LogP contribution in [0.3, 0.4) is 0 Å². The first-order valence-corrected chi connectivity index (χ1v) is 11.3. The number of piperazine rings is 1. The Hall–Kier alpha value is -0.120. The van der Waals surface area contributed by atoms with Gasteiger partial charge in [0.2, 0.25) is 0 Å². The zero-order valence-corrected chi connectivity index (χ0v) is 17.3. The molecule has 0 N–H and O–H groups in total.